The summed E-state index contributed by atoms with van der Waals surface area (Å²) in [5, 5.41) is 15.2. The summed E-state index contributed by atoms with van der Waals surface area (Å²) in [6.45, 7) is 2.90. The molecule has 4 N–H and O–H groups in total. The highest BCUT2D eigenvalue weighted by Crippen LogP contribution is 2.14. The number of nitrogens with one attached hydrogen (secondary N) is 1. The fourth-order valence-electron chi connectivity index (χ4n) is 2.15. The van der Waals surface area contributed by atoms with Crippen molar-refractivity contribution in [2.24, 2.45) is 10.9 Å². The molecule has 0 heterocycles. The SMILES string of the molecule is Cc1cc(/C(N)=N/O)ccc1CNC1CC=CC1. The minimum Gasteiger partial charge on any atom is -0.409 e. The van der Waals surface area contributed by atoms with Gasteiger partial charge in [0, 0.05) is 18.2 Å². The zero-order chi connectivity index (χ0) is 13.0. The zero-order valence-electron chi connectivity index (χ0n) is 10.6. The van der Waals surface area contributed by atoms with Crippen molar-refractivity contribution < 1.29 is 5.21 Å². The molecule has 4 heteroatoms. The largest absolute Gasteiger partial charge is 0.409 e. The van der Waals surface area contributed by atoms with Crippen molar-refractivity contribution in [3.05, 3.63) is 47.0 Å². The molecule has 2 rings (SSSR count). The molecule has 1 aromatic carbocycles. The second-order valence-electron chi connectivity index (χ2n) is 4.65. The molecular weight excluding hydrogens is 226 g/mol. The van der Waals surface area contributed by atoms with Gasteiger partial charge in [-0.25, -0.2) is 0 Å². The van der Waals surface area contributed by atoms with Crippen molar-refractivity contribution in [2.75, 3.05) is 0 Å². The normalized spacial score (nSPS) is 16.4. The highest BCUT2D eigenvalue weighted by molar-refractivity contribution is 5.97. The van der Waals surface area contributed by atoms with E-state index in [0.717, 1.165) is 30.5 Å². The van der Waals surface area contributed by atoms with Gasteiger partial charge in [-0.2, -0.15) is 0 Å². The van der Waals surface area contributed by atoms with Crippen molar-refractivity contribution in [3.63, 3.8) is 0 Å². The number of nitrogens with two attached hydrogens (primary N) is 1. The average molecular weight is 245 g/mol. The summed E-state index contributed by atoms with van der Waals surface area (Å²) in [6.07, 6.45) is 6.65. The van der Waals surface area contributed by atoms with Crippen LogP contribution in [-0.4, -0.2) is 17.1 Å². The number of amidine groups is 1. The van der Waals surface area contributed by atoms with E-state index in [4.69, 9.17) is 10.9 Å². The molecule has 4 nitrogen and oxygen atoms in total. The maximum atomic E-state index is 8.64. The number of aryl methyl sites for hydroxylation is 1. The molecule has 0 spiro atoms. The summed E-state index contributed by atoms with van der Waals surface area (Å²) in [5.74, 6) is 0.151. The molecule has 0 bridgehead atoms. The molecule has 0 radical (unpaired) electrons. The van der Waals surface area contributed by atoms with Crippen LogP contribution in [-0.2, 0) is 6.54 Å². The number of hydrogen-bond donors (Lipinski definition) is 3. The van der Waals surface area contributed by atoms with Gasteiger partial charge in [-0.3, -0.25) is 0 Å². The van der Waals surface area contributed by atoms with E-state index in [9.17, 15) is 0 Å². The van der Waals surface area contributed by atoms with Crippen molar-refractivity contribution in [3.8, 4) is 0 Å². The third-order valence-corrected chi connectivity index (χ3v) is 3.34. The average Bonchev–Trinajstić information content (AvgIpc) is 2.89. The van der Waals surface area contributed by atoms with E-state index in [1.165, 1.54) is 5.56 Å². The van der Waals surface area contributed by atoms with Crippen LogP contribution in [0.2, 0.25) is 0 Å². The summed E-state index contributed by atoms with van der Waals surface area (Å²) < 4.78 is 0. The third-order valence-electron chi connectivity index (χ3n) is 3.34. The monoisotopic (exact) mass is 245 g/mol. The van der Waals surface area contributed by atoms with Gasteiger partial charge in [0.1, 0.15) is 0 Å². The zero-order valence-corrected chi connectivity index (χ0v) is 10.6. The van der Waals surface area contributed by atoms with Gasteiger partial charge in [0.15, 0.2) is 5.84 Å². The first-order valence-corrected chi connectivity index (χ1v) is 6.16. The van der Waals surface area contributed by atoms with E-state index in [0.29, 0.717) is 6.04 Å². The fourth-order valence-corrected chi connectivity index (χ4v) is 2.15. The molecule has 0 aromatic heterocycles. The number of rotatable bonds is 4. The minimum atomic E-state index is 0.151. The number of oxime groups is 1. The lowest BCUT2D eigenvalue weighted by Gasteiger charge is -2.14. The van der Waals surface area contributed by atoms with Crippen LogP contribution in [0.3, 0.4) is 0 Å². The Balaban J connectivity index is 2.01. The second-order valence-corrected chi connectivity index (χ2v) is 4.65. The lowest BCUT2D eigenvalue weighted by Crippen LogP contribution is -2.26. The lowest BCUT2D eigenvalue weighted by atomic mass is 10.0. The van der Waals surface area contributed by atoms with Crippen LogP contribution in [0.25, 0.3) is 0 Å². The van der Waals surface area contributed by atoms with Gasteiger partial charge in [-0.05, 0) is 37.0 Å². The molecule has 0 atom stereocenters. The van der Waals surface area contributed by atoms with Crippen molar-refractivity contribution in [1.29, 1.82) is 0 Å². The van der Waals surface area contributed by atoms with Crippen LogP contribution in [0.5, 0.6) is 0 Å². The van der Waals surface area contributed by atoms with E-state index in [1.807, 2.05) is 25.1 Å². The molecule has 0 saturated carbocycles. The Labute approximate surface area is 107 Å². The van der Waals surface area contributed by atoms with E-state index in [-0.39, 0.29) is 5.84 Å². The molecule has 96 valence electrons. The Morgan fingerprint density at radius 1 is 1.44 bits per heavy atom. The number of hydrogen-bond acceptors (Lipinski definition) is 3. The first-order valence-electron chi connectivity index (χ1n) is 6.16. The highest BCUT2D eigenvalue weighted by Gasteiger charge is 2.10. The lowest BCUT2D eigenvalue weighted by molar-refractivity contribution is 0.318. The van der Waals surface area contributed by atoms with Crippen LogP contribution in [0, 0.1) is 6.92 Å². The molecule has 0 unspecified atom stereocenters. The van der Waals surface area contributed by atoms with Crippen molar-refractivity contribution in [2.45, 2.75) is 32.4 Å². The predicted molar refractivity (Wildman–Crippen MR) is 72.7 cm³/mol. The quantitative estimate of drug-likeness (QED) is 0.249. The molecule has 0 saturated heterocycles. The molecule has 1 aliphatic carbocycles. The maximum absolute atomic E-state index is 8.64. The van der Waals surface area contributed by atoms with Crippen molar-refractivity contribution in [1.82, 2.24) is 5.32 Å². The van der Waals surface area contributed by atoms with Crippen LogP contribution >= 0.6 is 0 Å². The number of nitrogens with zero attached hydrogens (tertiary/aromatic N) is 1. The molecule has 0 amide bonds. The molecular formula is C14H19N3O. The van der Waals surface area contributed by atoms with Gasteiger partial charge in [0.25, 0.3) is 0 Å². The summed E-state index contributed by atoms with van der Waals surface area (Å²) in [6, 6.07) is 6.41. The minimum absolute atomic E-state index is 0.151. The predicted octanol–water partition coefficient (Wildman–Crippen LogP) is 1.90. The van der Waals surface area contributed by atoms with Crippen LogP contribution in [0.15, 0.2) is 35.5 Å². The smallest absolute Gasteiger partial charge is 0.170 e. The van der Waals surface area contributed by atoms with Crippen LogP contribution in [0.1, 0.15) is 29.5 Å². The van der Waals surface area contributed by atoms with Crippen LogP contribution in [0.4, 0.5) is 0 Å². The van der Waals surface area contributed by atoms with Gasteiger partial charge in [-0.1, -0.05) is 29.4 Å². The third kappa shape index (κ3) is 2.90. The Hall–Kier alpha value is -1.81. The fraction of sp³-hybridized carbons (Fsp3) is 0.357. The topological polar surface area (TPSA) is 70.6 Å². The van der Waals surface area contributed by atoms with Gasteiger partial charge >= 0.3 is 0 Å². The summed E-state index contributed by atoms with van der Waals surface area (Å²) in [7, 11) is 0. The van der Waals surface area contributed by atoms with Gasteiger partial charge in [0.2, 0.25) is 0 Å². The number of benzene rings is 1. The van der Waals surface area contributed by atoms with Gasteiger partial charge in [0.05, 0.1) is 0 Å². The van der Waals surface area contributed by atoms with E-state index in [1.54, 1.807) is 0 Å². The van der Waals surface area contributed by atoms with E-state index >= 15 is 0 Å². The van der Waals surface area contributed by atoms with Gasteiger partial charge < -0.3 is 16.3 Å². The Morgan fingerprint density at radius 2 is 2.17 bits per heavy atom. The van der Waals surface area contributed by atoms with Crippen LogP contribution < -0.4 is 11.1 Å². The summed E-state index contributed by atoms with van der Waals surface area (Å²) in [5.41, 5.74) is 8.71. The highest BCUT2D eigenvalue weighted by atomic mass is 16.4. The Bertz CT molecular complexity index is 472. The second kappa shape index (κ2) is 5.69. The summed E-state index contributed by atoms with van der Waals surface area (Å²) in [4.78, 5) is 0. The molecule has 0 aliphatic heterocycles. The van der Waals surface area contributed by atoms with Crippen molar-refractivity contribution >= 4 is 5.84 Å². The van der Waals surface area contributed by atoms with E-state index < -0.39 is 0 Å². The standard InChI is InChI=1S/C14H19N3O/c1-10-8-11(14(15)17-18)6-7-12(10)9-16-13-4-2-3-5-13/h2-3,6-8,13,16,18H,4-5,9H2,1H3,(H2,15,17). The molecule has 1 aliphatic rings. The molecule has 1 aromatic rings. The first-order chi connectivity index (χ1) is 8.70. The maximum Gasteiger partial charge on any atom is 0.170 e. The van der Waals surface area contributed by atoms with E-state index in [2.05, 4.69) is 22.6 Å². The Kier molecular flexibility index (Phi) is 3.99. The molecule has 18 heavy (non-hydrogen) atoms. The Morgan fingerprint density at radius 3 is 2.78 bits per heavy atom. The molecule has 0 fully saturated rings. The van der Waals surface area contributed by atoms with Gasteiger partial charge in [-0.15, -0.1) is 0 Å². The first kappa shape index (κ1) is 12.6. The summed E-state index contributed by atoms with van der Waals surface area (Å²) >= 11 is 0.